The second kappa shape index (κ2) is 8.51. The average molecular weight is 365 g/mol. The molecule has 3 rings (SSSR count). The van der Waals surface area contributed by atoms with Crippen molar-refractivity contribution in [3.63, 3.8) is 0 Å². The van der Waals surface area contributed by atoms with E-state index in [4.69, 9.17) is 4.74 Å². The van der Waals surface area contributed by atoms with Crippen molar-refractivity contribution < 1.29 is 14.3 Å². The van der Waals surface area contributed by atoms with Crippen LogP contribution in [0.15, 0.2) is 48.5 Å². The Morgan fingerprint density at radius 3 is 2.63 bits per heavy atom. The van der Waals surface area contributed by atoms with Gasteiger partial charge in [-0.2, -0.15) is 0 Å². The molecule has 6 heteroatoms. The Bertz CT molecular complexity index is 948. The van der Waals surface area contributed by atoms with E-state index in [1.165, 1.54) is 0 Å². The standard InChI is InChI=1S/C21H23N3O3/c1-3-27-21(26)20-19(16-11-14(2)9-10-17(16)23-20)24-18(25)13-22-12-15-7-5-4-6-8-15/h4-11,22-23H,3,12-13H2,1-2H3,(H,24,25). The van der Waals surface area contributed by atoms with Gasteiger partial charge in [0, 0.05) is 17.4 Å². The van der Waals surface area contributed by atoms with Crippen LogP contribution in [-0.4, -0.2) is 30.0 Å². The van der Waals surface area contributed by atoms with Gasteiger partial charge in [0.2, 0.25) is 5.91 Å². The van der Waals surface area contributed by atoms with Crippen LogP contribution in [0, 0.1) is 6.92 Å². The summed E-state index contributed by atoms with van der Waals surface area (Å²) < 4.78 is 5.11. The van der Waals surface area contributed by atoms with Gasteiger partial charge in [0.1, 0.15) is 5.69 Å². The molecular weight excluding hydrogens is 342 g/mol. The monoisotopic (exact) mass is 365 g/mol. The molecule has 0 fully saturated rings. The number of amides is 1. The molecule has 0 aliphatic heterocycles. The first kappa shape index (κ1) is 18.7. The van der Waals surface area contributed by atoms with Gasteiger partial charge in [-0.3, -0.25) is 4.79 Å². The van der Waals surface area contributed by atoms with Gasteiger partial charge in [-0.15, -0.1) is 0 Å². The number of aromatic amines is 1. The summed E-state index contributed by atoms with van der Waals surface area (Å²) in [6.45, 7) is 4.70. The molecule has 1 aromatic heterocycles. The highest BCUT2D eigenvalue weighted by Crippen LogP contribution is 2.29. The lowest BCUT2D eigenvalue weighted by molar-refractivity contribution is -0.115. The number of ether oxygens (including phenoxy) is 1. The molecule has 3 aromatic rings. The Hall–Kier alpha value is -3.12. The number of aryl methyl sites for hydroxylation is 1. The van der Waals surface area contributed by atoms with E-state index in [1.54, 1.807) is 6.92 Å². The highest BCUT2D eigenvalue weighted by Gasteiger charge is 2.20. The lowest BCUT2D eigenvalue weighted by atomic mass is 10.1. The molecule has 27 heavy (non-hydrogen) atoms. The molecule has 0 saturated heterocycles. The van der Waals surface area contributed by atoms with Crippen LogP contribution in [0.4, 0.5) is 5.69 Å². The smallest absolute Gasteiger partial charge is 0.356 e. The lowest BCUT2D eigenvalue weighted by Gasteiger charge is -2.09. The SMILES string of the molecule is CCOC(=O)c1[nH]c2ccc(C)cc2c1NC(=O)CNCc1ccccc1. The fourth-order valence-corrected chi connectivity index (χ4v) is 2.89. The minimum absolute atomic E-state index is 0.135. The summed E-state index contributed by atoms with van der Waals surface area (Å²) in [5.74, 6) is -0.710. The Kier molecular flexibility index (Phi) is 5.88. The number of carbonyl (C=O) groups excluding carboxylic acids is 2. The third-order valence-electron chi connectivity index (χ3n) is 4.16. The van der Waals surface area contributed by atoms with E-state index >= 15 is 0 Å². The molecule has 0 spiro atoms. The van der Waals surface area contributed by atoms with E-state index in [1.807, 2.05) is 55.5 Å². The fraction of sp³-hybridized carbons (Fsp3) is 0.238. The van der Waals surface area contributed by atoms with Gasteiger partial charge in [-0.05, 0) is 31.5 Å². The second-order valence-electron chi connectivity index (χ2n) is 6.28. The topological polar surface area (TPSA) is 83.2 Å². The van der Waals surface area contributed by atoms with E-state index < -0.39 is 5.97 Å². The minimum atomic E-state index is -0.487. The summed E-state index contributed by atoms with van der Waals surface area (Å²) in [5, 5.41) is 6.75. The lowest BCUT2D eigenvalue weighted by Crippen LogP contribution is -2.28. The maximum Gasteiger partial charge on any atom is 0.356 e. The molecule has 6 nitrogen and oxygen atoms in total. The Morgan fingerprint density at radius 1 is 1.11 bits per heavy atom. The van der Waals surface area contributed by atoms with Crippen molar-refractivity contribution in [2.45, 2.75) is 20.4 Å². The molecule has 0 saturated carbocycles. The summed E-state index contributed by atoms with van der Waals surface area (Å²) in [7, 11) is 0. The van der Waals surface area contributed by atoms with E-state index in [2.05, 4.69) is 15.6 Å². The van der Waals surface area contributed by atoms with Crippen LogP contribution in [0.25, 0.3) is 10.9 Å². The maximum absolute atomic E-state index is 12.4. The molecule has 0 aliphatic carbocycles. The van der Waals surface area contributed by atoms with Crippen molar-refractivity contribution in [2.24, 2.45) is 0 Å². The maximum atomic E-state index is 12.4. The number of esters is 1. The number of hydrogen-bond acceptors (Lipinski definition) is 4. The summed E-state index contributed by atoms with van der Waals surface area (Å²) in [5.41, 5.74) is 3.62. The number of aromatic nitrogens is 1. The number of nitrogens with one attached hydrogen (secondary N) is 3. The molecule has 1 heterocycles. The van der Waals surface area contributed by atoms with Crippen molar-refractivity contribution in [1.82, 2.24) is 10.3 Å². The highest BCUT2D eigenvalue weighted by molar-refractivity contribution is 6.11. The van der Waals surface area contributed by atoms with E-state index in [0.717, 1.165) is 22.0 Å². The van der Waals surface area contributed by atoms with Gasteiger partial charge in [-0.25, -0.2) is 4.79 Å². The fourth-order valence-electron chi connectivity index (χ4n) is 2.89. The van der Waals surface area contributed by atoms with Crippen LogP contribution < -0.4 is 10.6 Å². The van der Waals surface area contributed by atoms with Crippen molar-refractivity contribution in [3.05, 3.63) is 65.4 Å². The Morgan fingerprint density at radius 2 is 1.89 bits per heavy atom. The first-order valence-electron chi connectivity index (χ1n) is 8.92. The molecule has 1 amide bonds. The molecule has 0 atom stereocenters. The van der Waals surface area contributed by atoms with Gasteiger partial charge in [0.05, 0.1) is 18.8 Å². The van der Waals surface area contributed by atoms with Crippen LogP contribution >= 0.6 is 0 Å². The molecule has 2 aromatic carbocycles. The minimum Gasteiger partial charge on any atom is -0.461 e. The summed E-state index contributed by atoms with van der Waals surface area (Å²) in [6, 6.07) is 15.6. The molecule has 0 bridgehead atoms. The van der Waals surface area contributed by atoms with Crippen molar-refractivity contribution >= 4 is 28.5 Å². The van der Waals surface area contributed by atoms with Crippen LogP contribution in [0.1, 0.15) is 28.5 Å². The third kappa shape index (κ3) is 4.54. The molecule has 0 unspecified atom stereocenters. The number of fused-ring (bicyclic) bond motifs is 1. The second-order valence-corrected chi connectivity index (χ2v) is 6.28. The molecular formula is C21H23N3O3. The van der Waals surface area contributed by atoms with Crippen molar-refractivity contribution in [2.75, 3.05) is 18.5 Å². The molecule has 0 radical (unpaired) electrons. The molecule has 3 N–H and O–H groups in total. The van der Waals surface area contributed by atoms with Gasteiger partial charge >= 0.3 is 5.97 Å². The number of rotatable bonds is 7. The quantitative estimate of drug-likeness (QED) is 0.561. The largest absolute Gasteiger partial charge is 0.461 e. The zero-order chi connectivity index (χ0) is 19.2. The normalized spacial score (nSPS) is 10.7. The highest BCUT2D eigenvalue weighted by atomic mass is 16.5. The Labute approximate surface area is 157 Å². The number of anilines is 1. The predicted octanol–water partition coefficient (Wildman–Crippen LogP) is 3.38. The van der Waals surface area contributed by atoms with Crippen LogP contribution in [0.3, 0.4) is 0 Å². The predicted molar refractivity (Wildman–Crippen MR) is 106 cm³/mol. The van der Waals surface area contributed by atoms with Crippen LogP contribution in [0.2, 0.25) is 0 Å². The van der Waals surface area contributed by atoms with Gasteiger partial charge in [-0.1, -0.05) is 42.0 Å². The summed E-state index contributed by atoms with van der Waals surface area (Å²) in [6.07, 6.45) is 0. The van der Waals surface area contributed by atoms with Gasteiger partial charge in [0.25, 0.3) is 0 Å². The average Bonchev–Trinajstić information content (AvgIpc) is 3.00. The van der Waals surface area contributed by atoms with E-state index in [9.17, 15) is 9.59 Å². The molecule has 0 aliphatic rings. The van der Waals surface area contributed by atoms with Gasteiger partial charge < -0.3 is 20.4 Å². The summed E-state index contributed by atoms with van der Waals surface area (Å²) >= 11 is 0. The van der Waals surface area contributed by atoms with Crippen LogP contribution in [-0.2, 0) is 16.1 Å². The Balaban J connectivity index is 1.75. The van der Waals surface area contributed by atoms with E-state index in [0.29, 0.717) is 12.2 Å². The van der Waals surface area contributed by atoms with Crippen molar-refractivity contribution in [3.8, 4) is 0 Å². The number of benzene rings is 2. The zero-order valence-electron chi connectivity index (χ0n) is 15.5. The van der Waals surface area contributed by atoms with Crippen LogP contribution in [0.5, 0.6) is 0 Å². The number of H-pyrrole nitrogens is 1. The number of hydrogen-bond donors (Lipinski definition) is 3. The van der Waals surface area contributed by atoms with Crippen molar-refractivity contribution in [1.29, 1.82) is 0 Å². The summed E-state index contributed by atoms with van der Waals surface area (Å²) in [4.78, 5) is 27.8. The van der Waals surface area contributed by atoms with E-state index in [-0.39, 0.29) is 24.8 Å². The third-order valence-corrected chi connectivity index (χ3v) is 4.16. The molecule has 140 valence electrons. The first-order valence-corrected chi connectivity index (χ1v) is 8.92. The first-order chi connectivity index (χ1) is 13.1. The zero-order valence-corrected chi connectivity index (χ0v) is 15.5. The number of carbonyl (C=O) groups is 2. The van der Waals surface area contributed by atoms with Gasteiger partial charge in [0.15, 0.2) is 0 Å².